The summed E-state index contributed by atoms with van der Waals surface area (Å²) >= 11 is 0. The molecule has 1 atom stereocenters. The fraction of sp³-hybridized carbons (Fsp3) is 0.312. The molecule has 0 fully saturated rings. The second-order valence-electron chi connectivity index (χ2n) is 10.1. The van der Waals surface area contributed by atoms with Gasteiger partial charge < -0.3 is 16.0 Å². The van der Waals surface area contributed by atoms with E-state index in [1.807, 2.05) is 61.8 Å². The van der Waals surface area contributed by atoms with Crippen LogP contribution in [0.2, 0.25) is 0 Å². The molecule has 3 N–H and O–H groups in total. The molecule has 222 valence electrons. The van der Waals surface area contributed by atoms with Crippen molar-refractivity contribution in [2.75, 3.05) is 22.6 Å². The molecular weight excluding hydrogens is 540 g/mol. The number of unbranched alkanes of at least 4 members (excludes halogenated alkanes) is 1. The Kier molecular flexibility index (Phi) is 11.2. The summed E-state index contributed by atoms with van der Waals surface area (Å²) in [7, 11) is 3.61. The van der Waals surface area contributed by atoms with Crippen molar-refractivity contribution < 1.29 is 4.79 Å². The van der Waals surface area contributed by atoms with Crippen molar-refractivity contribution in [2.45, 2.75) is 51.6 Å². The number of aryl methyl sites for hydroxylation is 1. The van der Waals surface area contributed by atoms with Crippen molar-refractivity contribution in [3.05, 3.63) is 90.7 Å². The van der Waals surface area contributed by atoms with E-state index in [0.717, 1.165) is 48.8 Å². The lowest BCUT2D eigenvalue weighted by Crippen LogP contribution is -2.36. The minimum Gasteiger partial charge on any atom is -0.372 e. The number of allylic oxidation sites excluding steroid dienone is 1. The smallest absolute Gasteiger partial charge is 0.327 e. The Morgan fingerprint density at radius 1 is 1.09 bits per heavy atom. The van der Waals surface area contributed by atoms with Crippen LogP contribution in [0.15, 0.2) is 79.5 Å². The van der Waals surface area contributed by atoms with E-state index in [-0.39, 0.29) is 12.1 Å². The molecule has 0 saturated heterocycles. The lowest BCUT2D eigenvalue weighted by Gasteiger charge is -2.19. The number of urea groups is 1. The second-order valence-corrected chi connectivity index (χ2v) is 10.1. The predicted molar refractivity (Wildman–Crippen MR) is 169 cm³/mol. The zero-order valence-electron chi connectivity index (χ0n) is 24.9. The Balaban J connectivity index is 1.40. The number of pyridine rings is 1. The van der Waals surface area contributed by atoms with Gasteiger partial charge in [-0.15, -0.1) is 0 Å². The quantitative estimate of drug-likeness (QED) is 0.158. The minimum absolute atomic E-state index is 0.183. The molecule has 4 aromatic rings. The molecule has 11 nitrogen and oxygen atoms in total. The summed E-state index contributed by atoms with van der Waals surface area (Å²) in [5.74, 6) is 1.53. The van der Waals surface area contributed by atoms with E-state index in [9.17, 15) is 10.1 Å². The molecule has 3 heterocycles. The number of carbonyl (C=O) groups excluding carboxylic acids is 1. The van der Waals surface area contributed by atoms with Crippen molar-refractivity contribution in [3.63, 3.8) is 0 Å². The summed E-state index contributed by atoms with van der Waals surface area (Å²) < 4.78 is 1.74. The van der Waals surface area contributed by atoms with E-state index < -0.39 is 0 Å². The monoisotopic (exact) mass is 578 g/mol. The van der Waals surface area contributed by atoms with Gasteiger partial charge in [0.1, 0.15) is 23.3 Å². The van der Waals surface area contributed by atoms with Crippen LogP contribution in [0.4, 0.5) is 22.4 Å². The molecule has 2 amide bonds. The van der Waals surface area contributed by atoms with Gasteiger partial charge in [-0.25, -0.2) is 14.8 Å². The van der Waals surface area contributed by atoms with Crippen LogP contribution in [0, 0.1) is 11.3 Å². The fourth-order valence-electron chi connectivity index (χ4n) is 4.58. The number of nitrogens with zero attached hydrogens (tertiary/aromatic N) is 7. The molecule has 0 aliphatic heterocycles. The molecule has 43 heavy (non-hydrogen) atoms. The number of rotatable bonds is 14. The van der Waals surface area contributed by atoms with Gasteiger partial charge >= 0.3 is 6.03 Å². The molecule has 0 radical (unpaired) electrons. The van der Waals surface area contributed by atoms with E-state index >= 15 is 0 Å². The van der Waals surface area contributed by atoms with Crippen LogP contribution in [-0.2, 0) is 13.6 Å². The molecule has 0 spiro atoms. The number of anilines is 3. The number of hydrogen-bond donors (Lipinski definition) is 3. The van der Waals surface area contributed by atoms with E-state index in [2.05, 4.69) is 49.0 Å². The Labute approximate surface area is 252 Å². The lowest BCUT2D eigenvalue weighted by molar-refractivity contribution is 0.248. The molecular formula is C32H38N10O. The second kappa shape index (κ2) is 15.7. The number of benzene rings is 1. The van der Waals surface area contributed by atoms with E-state index in [1.54, 1.807) is 35.2 Å². The average molecular weight is 579 g/mol. The highest BCUT2D eigenvalue weighted by atomic mass is 16.2. The van der Waals surface area contributed by atoms with E-state index in [1.165, 1.54) is 6.20 Å². The Bertz CT molecular complexity index is 1530. The summed E-state index contributed by atoms with van der Waals surface area (Å²) in [5, 5.41) is 22.8. The van der Waals surface area contributed by atoms with Gasteiger partial charge in [-0.05, 0) is 43.4 Å². The standard InChI is InChI=1S/C32H38N10O/c1-4-11-28(39-31-36-21-26(18-33)30(34-2)40-31)14-9-6-10-17-42(32(43)37-19-24-12-7-5-8-13-24)29-16-15-25(20-35-29)27-22-38-41(3)23-27/h5,7-8,10,12-13,15-17,20-23,28H,4,6,9,11,14,19H2,1-3H3,(H,37,43)(H2,34,36,39,40)/b17-10+/t28-/m1/s1. The van der Waals surface area contributed by atoms with Crippen molar-refractivity contribution in [2.24, 2.45) is 7.05 Å². The van der Waals surface area contributed by atoms with E-state index in [4.69, 9.17) is 0 Å². The SMILES string of the molecule is CCC[C@H](CCC/C=C/N(C(=O)NCc1ccccc1)c1ccc(-c2cnn(C)c2)cn1)Nc1ncc(C#N)c(NC)n1. The molecule has 3 aromatic heterocycles. The summed E-state index contributed by atoms with van der Waals surface area (Å²) in [6, 6.07) is 15.6. The number of carbonyl (C=O) groups is 1. The van der Waals surface area contributed by atoms with Gasteiger partial charge in [0.2, 0.25) is 5.95 Å². The normalized spacial score (nSPS) is 11.6. The highest BCUT2D eigenvalue weighted by Crippen LogP contribution is 2.21. The first kappa shape index (κ1) is 30.7. The van der Waals surface area contributed by atoms with Crippen LogP contribution in [0.3, 0.4) is 0 Å². The summed E-state index contributed by atoms with van der Waals surface area (Å²) in [5.41, 5.74) is 3.31. The maximum atomic E-state index is 13.3. The molecule has 0 unspecified atom stereocenters. The Morgan fingerprint density at radius 3 is 2.60 bits per heavy atom. The molecule has 0 saturated carbocycles. The summed E-state index contributed by atoms with van der Waals surface area (Å²) in [6.07, 6.45) is 15.3. The maximum Gasteiger partial charge on any atom is 0.327 e. The van der Waals surface area contributed by atoms with Gasteiger partial charge in [0.15, 0.2) is 0 Å². The molecule has 11 heteroatoms. The zero-order chi connectivity index (χ0) is 30.4. The predicted octanol–water partition coefficient (Wildman–Crippen LogP) is 5.87. The molecule has 1 aromatic carbocycles. The maximum absolute atomic E-state index is 13.3. The van der Waals surface area contributed by atoms with Crippen molar-refractivity contribution in [3.8, 4) is 17.2 Å². The third-order valence-electron chi connectivity index (χ3n) is 6.83. The third kappa shape index (κ3) is 8.87. The van der Waals surface area contributed by atoms with Gasteiger partial charge in [-0.3, -0.25) is 9.58 Å². The molecule has 0 aliphatic carbocycles. The van der Waals surface area contributed by atoms with Crippen molar-refractivity contribution >= 4 is 23.6 Å². The number of nitrogens with one attached hydrogen (secondary N) is 3. The average Bonchev–Trinajstić information content (AvgIpc) is 3.48. The fourth-order valence-corrected chi connectivity index (χ4v) is 4.58. The highest BCUT2D eigenvalue weighted by Gasteiger charge is 2.15. The van der Waals surface area contributed by atoms with Crippen LogP contribution < -0.4 is 20.9 Å². The van der Waals surface area contributed by atoms with Gasteiger partial charge in [0.05, 0.1) is 12.4 Å². The lowest BCUT2D eigenvalue weighted by atomic mass is 10.1. The van der Waals surface area contributed by atoms with Crippen molar-refractivity contribution in [1.29, 1.82) is 5.26 Å². The molecule has 0 aliphatic rings. The van der Waals surface area contributed by atoms with Gasteiger partial charge in [-0.1, -0.05) is 49.8 Å². The third-order valence-corrected chi connectivity index (χ3v) is 6.83. The Hall–Kier alpha value is -5.24. The van der Waals surface area contributed by atoms with Crippen molar-refractivity contribution in [1.82, 2.24) is 30.0 Å². The van der Waals surface area contributed by atoms with E-state index in [0.29, 0.717) is 29.7 Å². The number of aromatic nitrogens is 5. The van der Waals surface area contributed by atoms with Gasteiger partial charge in [-0.2, -0.15) is 15.3 Å². The number of amides is 2. The number of hydrogen-bond acceptors (Lipinski definition) is 8. The minimum atomic E-state index is -0.259. The first-order chi connectivity index (χ1) is 21.0. The first-order valence-corrected chi connectivity index (χ1v) is 14.4. The highest BCUT2D eigenvalue weighted by molar-refractivity contribution is 5.92. The molecule has 0 bridgehead atoms. The Morgan fingerprint density at radius 2 is 1.93 bits per heavy atom. The van der Waals surface area contributed by atoms with Crippen LogP contribution in [0.25, 0.3) is 11.1 Å². The van der Waals surface area contributed by atoms with Crippen LogP contribution in [-0.4, -0.2) is 43.9 Å². The summed E-state index contributed by atoms with van der Waals surface area (Å²) in [6.45, 7) is 2.56. The van der Waals surface area contributed by atoms with Crippen LogP contribution in [0.5, 0.6) is 0 Å². The molecule has 4 rings (SSSR count). The first-order valence-electron chi connectivity index (χ1n) is 14.4. The largest absolute Gasteiger partial charge is 0.372 e. The van der Waals surface area contributed by atoms with Gasteiger partial charge in [0.25, 0.3) is 0 Å². The zero-order valence-corrected chi connectivity index (χ0v) is 24.9. The topological polar surface area (TPSA) is 137 Å². The number of nitriles is 1. The van der Waals surface area contributed by atoms with Crippen LogP contribution in [0.1, 0.15) is 50.2 Å². The van der Waals surface area contributed by atoms with Gasteiger partial charge in [0, 0.05) is 56.4 Å². The summed E-state index contributed by atoms with van der Waals surface area (Å²) in [4.78, 5) is 28.2. The van der Waals surface area contributed by atoms with Crippen LogP contribution >= 0.6 is 0 Å².